The summed E-state index contributed by atoms with van der Waals surface area (Å²) in [7, 11) is -5.35. The number of sulfonamides is 1. The maximum Gasteiger partial charge on any atom is 0.272 e. The summed E-state index contributed by atoms with van der Waals surface area (Å²) in [5, 5.41) is 6.72. The Labute approximate surface area is 253 Å². The van der Waals surface area contributed by atoms with Gasteiger partial charge in [-0.05, 0) is 55.0 Å². The highest BCUT2D eigenvalue weighted by Gasteiger charge is 2.48. The smallest absolute Gasteiger partial charge is 0.272 e. The first-order chi connectivity index (χ1) is 21.5. The number of hydrogen-bond acceptors (Lipinski definition) is 6. The normalized spacial score (nSPS) is 17.8. The third-order valence-electron chi connectivity index (χ3n) is 8.46. The molecule has 4 aromatic rings. The lowest BCUT2D eigenvalue weighted by molar-refractivity contribution is -0.125. The van der Waals surface area contributed by atoms with Gasteiger partial charge in [0.1, 0.15) is 6.04 Å². The summed E-state index contributed by atoms with van der Waals surface area (Å²) < 4.78 is 97.5. The van der Waals surface area contributed by atoms with Gasteiger partial charge >= 0.3 is 0 Å². The van der Waals surface area contributed by atoms with E-state index in [0.717, 1.165) is 31.2 Å². The highest BCUT2D eigenvalue weighted by Crippen LogP contribution is 2.36. The van der Waals surface area contributed by atoms with Crippen LogP contribution in [-0.2, 0) is 21.4 Å². The van der Waals surface area contributed by atoms with Crippen molar-refractivity contribution in [1.82, 2.24) is 19.5 Å². The summed E-state index contributed by atoms with van der Waals surface area (Å²) >= 11 is 0. The summed E-state index contributed by atoms with van der Waals surface area (Å²) in [5.41, 5.74) is 1.27. The Hall–Kier alpha value is -4.24. The zero-order valence-corrected chi connectivity index (χ0v) is 24.4. The minimum atomic E-state index is -5.35. The number of aromatic nitrogens is 3. The molecule has 1 aliphatic carbocycles. The van der Waals surface area contributed by atoms with E-state index >= 15 is 0 Å². The molecule has 1 atom stereocenters. The van der Waals surface area contributed by atoms with E-state index in [4.69, 9.17) is 0 Å². The molecule has 1 N–H and O–H groups in total. The summed E-state index contributed by atoms with van der Waals surface area (Å²) in [5.74, 6) is -12.8. The Kier molecular flexibility index (Phi) is 8.16. The average molecular weight is 648 g/mol. The van der Waals surface area contributed by atoms with Gasteiger partial charge in [-0.2, -0.15) is 9.40 Å². The molecule has 2 aromatic heterocycles. The van der Waals surface area contributed by atoms with Crippen LogP contribution in [0.25, 0.3) is 10.8 Å². The number of amides is 1. The minimum absolute atomic E-state index is 0.0905. The number of nitrogens with zero attached hydrogens (tertiary/aromatic N) is 4. The van der Waals surface area contributed by atoms with Gasteiger partial charge in [-0.15, -0.1) is 0 Å². The number of H-pyrrole nitrogens is 1. The molecule has 236 valence electrons. The number of hydrogen-bond donors (Lipinski definition) is 1. The molecule has 2 aliphatic rings. The molecule has 3 heterocycles. The van der Waals surface area contributed by atoms with Crippen molar-refractivity contribution in [3.63, 3.8) is 0 Å². The highest BCUT2D eigenvalue weighted by molar-refractivity contribution is 7.89. The third-order valence-corrected chi connectivity index (χ3v) is 10.4. The van der Waals surface area contributed by atoms with Crippen molar-refractivity contribution in [2.24, 2.45) is 0 Å². The van der Waals surface area contributed by atoms with Crippen molar-refractivity contribution in [2.45, 2.75) is 61.9 Å². The average Bonchev–Trinajstić information content (AvgIpc) is 3.01. The van der Waals surface area contributed by atoms with E-state index in [1.165, 1.54) is 35.7 Å². The number of anilines is 1. The van der Waals surface area contributed by atoms with Crippen LogP contribution in [0, 0.1) is 29.1 Å². The molecule has 0 unspecified atom stereocenters. The maximum absolute atomic E-state index is 14.5. The van der Waals surface area contributed by atoms with Crippen LogP contribution in [0.1, 0.15) is 55.7 Å². The second-order valence-electron chi connectivity index (χ2n) is 11.1. The molecule has 6 rings (SSSR count). The molecule has 1 amide bonds. The molecule has 45 heavy (non-hydrogen) atoms. The predicted octanol–water partition coefficient (Wildman–Crippen LogP) is 5.06. The lowest BCUT2D eigenvalue weighted by Crippen LogP contribution is -2.59. The Morgan fingerprint density at radius 2 is 1.60 bits per heavy atom. The van der Waals surface area contributed by atoms with Crippen molar-refractivity contribution in [3.05, 3.63) is 93.4 Å². The molecular formula is C30H26F5N5O4S. The van der Waals surface area contributed by atoms with Crippen LogP contribution in [-0.4, -0.2) is 46.4 Å². The number of fused-ring (bicyclic) bond motifs is 1. The summed E-state index contributed by atoms with van der Waals surface area (Å²) in [6.07, 6.45) is 8.54. The van der Waals surface area contributed by atoms with Crippen molar-refractivity contribution in [2.75, 3.05) is 11.4 Å². The van der Waals surface area contributed by atoms with Crippen molar-refractivity contribution in [1.29, 1.82) is 0 Å². The van der Waals surface area contributed by atoms with Gasteiger partial charge in [0.05, 0.1) is 23.8 Å². The minimum Gasteiger partial charge on any atom is -0.305 e. The summed E-state index contributed by atoms with van der Waals surface area (Å²) in [6, 6.07) is 6.56. The molecular weight excluding hydrogens is 621 g/mol. The molecule has 1 aliphatic heterocycles. The molecule has 0 bridgehead atoms. The van der Waals surface area contributed by atoms with E-state index in [-0.39, 0.29) is 24.0 Å². The Morgan fingerprint density at radius 1 is 0.911 bits per heavy atom. The monoisotopic (exact) mass is 647 g/mol. The van der Waals surface area contributed by atoms with Gasteiger partial charge in [-0.3, -0.25) is 14.6 Å². The van der Waals surface area contributed by atoms with E-state index in [1.54, 1.807) is 12.3 Å². The number of rotatable bonds is 7. The lowest BCUT2D eigenvalue weighted by Gasteiger charge is -2.41. The lowest BCUT2D eigenvalue weighted by atomic mass is 9.85. The number of aromatic amines is 1. The standard InChI is InChI=1S/C30H26F5N5O4S/c31-23-24(32)26(34)28(27(35)25(23)33)45(43,44)40-11-10-22(40)30(42)39(20-8-9-21-18(12-20)14-37-38-29(21)41)15-19-7-6-17(13-36-19)16-4-2-1-3-5-16/h6-9,12-14,16,22H,1-5,10-11,15H2,(H,38,41)/t22-/m1/s1. The quantitative estimate of drug-likeness (QED) is 0.170. The summed E-state index contributed by atoms with van der Waals surface area (Å²) in [6.45, 7) is -0.559. The first-order valence-corrected chi connectivity index (χ1v) is 15.7. The van der Waals surface area contributed by atoms with Crippen LogP contribution in [0.5, 0.6) is 0 Å². The third kappa shape index (κ3) is 5.47. The molecule has 1 saturated heterocycles. The molecule has 0 spiro atoms. The van der Waals surface area contributed by atoms with Crippen molar-refractivity contribution >= 4 is 32.4 Å². The van der Waals surface area contributed by atoms with E-state index in [9.17, 15) is 40.0 Å². The first-order valence-electron chi connectivity index (χ1n) is 14.3. The van der Waals surface area contributed by atoms with Gasteiger partial charge in [-0.25, -0.2) is 35.5 Å². The number of nitrogens with one attached hydrogen (secondary N) is 1. The van der Waals surface area contributed by atoms with Gasteiger partial charge in [0.25, 0.3) is 5.56 Å². The Balaban J connectivity index is 1.35. The fourth-order valence-corrected chi connectivity index (χ4v) is 7.67. The number of carbonyl (C=O) groups is 1. The van der Waals surface area contributed by atoms with Crippen LogP contribution < -0.4 is 10.5 Å². The van der Waals surface area contributed by atoms with Gasteiger partial charge in [-0.1, -0.05) is 25.3 Å². The van der Waals surface area contributed by atoms with Gasteiger partial charge in [0.15, 0.2) is 28.2 Å². The largest absolute Gasteiger partial charge is 0.305 e. The van der Waals surface area contributed by atoms with E-state index in [0.29, 0.717) is 21.3 Å². The molecule has 2 fully saturated rings. The Bertz CT molecular complexity index is 1940. The zero-order chi connectivity index (χ0) is 32.0. The molecule has 1 saturated carbocycles. The zero-order valence-electron chi connectivity index (χ0n) is 23.6. The van der Waals surface area contributed by atoms with Crippen LogP contribution in [0.15, 0.2) is 52.4 Å². The fourth-order valence-electron chi connectivity index (χ4n) is 5.92. The molecule has 0 radical (unpaired) electrons. The fraction of sp³-hybridized carbons (Fsp3) is 0.333. The van der Waals surface area contributed by atoms with E-state index in [2.05, 4.69) is 15.2 Å². The SMILES string of the molecule is O=C([C@H]1CCN1S(=O)(=O)c1c(F)c(F)c(F)c(F)c1F)N(Cc1ccc(C2CCCCC2)cn1)c1ccc2c(=O)[nH]ncc2c1. The van der Waals surface area contributed by atoms with Crippen molar-refractivity contribution < 1.29 is 35.2 Å². The van der Waals surface area contributed by atoms with E-state index < -0.39 is 68.1 Å². The predicted molar refractivity (Wildman–Crippen MR) is 152 cm³/mol. The highest BCUT2D eigenvalue weighted by atomic mass is 32.2. The Morgan fingerprint density at radius 3 is 2.22 bits per heavy atom. The van der Waals surface area contributed by atoms with Crippen molar-refractivity contribution in [3.8, 4) is 0 Å². The van der Waals surface area contributed by atoms with Crippen LogP contribution in [0.4, 0.5) is 27.6 Å². The van der Waals surface area contributed by atoms with Gasteiger partial charge in [0.2, 0.25) is 21.7 Å². The van der Waals surface area contributed by atoms with E-state index in [1.807, 2.05) is 6.07 Å². The van der Waals surface area contributed by atoms with Gasteiger partial charge in [0, 0.05) is 23.8 Å². The molecule has 9 nitrogen and oxygen atoms in total. The number of carbonyl (C=O) groups excluding carboxylic acids is 1. The topological polar surface area (TPSA) is 116 Å². The number of halogens is 5. The second kappa shape index (κ2) is 11.9. The van der Waals surface area contributed by atoms with Crippen LogP contribution in [0.3, 0.4) is 0 Å². The molecule has 2 aromatic carbocycles. The van der Waals surface area contributed by atoms with Gasteiger partial charge < -0.3 is 4.90 Å². The first kappa shape index (κ1) is 30.8. The van der Waals surface area contributed by atoms with Crippen LogP contribution >= 0.6 is 0 Å². The maximum atomic E-state index is 14.5. The summed E-state index contributed by atoms with van der Waals surface area (Å²) in [4.78, 5) is 29.9. The number of benzene rings is 2. The second-order valence-corrected chi connectivity index (χ2v) is 13.0. The molecule has 15 heteroatoms. The van der Waals surface area contributed by atoms with Crippen LogP contribution in [0.2, 0.25) is 0 Å². The number of pyridine rings is 1.